The van der Waals surface area contributed by atoms with Gasteiger partial charge in [-0.15, -0.1) is 0 Å². The quantitative estimate of drug-likeness (QED) is 0.681. The molecule has 0 aliphatic heterocycles. The first-order valence-electron chi connectivity index (χ1n) is 7.11. The molecule has 2 atom stereocenters. The van der Waals surface area contributed by atoms with E-state index in [0.717, 1.165) is 53.5 Å². The molecule has 1 heterocycles. The molecule has 5 heteroatoms. The van der Waals surface area contributed by atoms with Crippen LogP contribution >= 0.6 is 11.8 Å². The summed E-state index contributed by atoms with van der Waals surface area (Å²) in [5, 5.41) is 10.0. The van der Waals surface area contributed by atoms with E-state index >= 15 is 0 Å². The van der Waals surface area contributed by atoms with Gasteiger partial charge in [0.05, 0.1) is 6.07 Å². The second kappa shape index (κ2) is 6.11. The zero-order valence-electron chi connectivity index (χ0n) is 12.4. The van der Waals surface area contributed by atoms with Crippen LogP contribution in [0.1, 0.15) is 42.6 Å². The Kier molecular flexibility index (Phi) is 4.66. The van der Waals surface area contributed by atoms with Crippen LogP contribution in [0.4, 0.5) is 0 Å². The van der Waals surface area contributed by atoms with Gasteiger partial charge in [-0.1, -0.05) is 18.2 Å². The Balaban J connectivity index is 1.92. The van der Waals surface area contributed by atoms with Crippen LogP contribution in [-0.2, 0) is 0 Å². The summed E-state index contributed by atoms with van der Waals surface area (Å²) < 4.78 is 0. The summed E-state index contributed by atoms with van der Waals surface area (Å²) in [6, 6.07) is 2.30. The number of rotatable bonds is 4. The summed E-state index contributed by atoms with van der Waals surface area (Å²) in [7, 11) is 0. The maximum atomic E-state index is 9.21. The number of nitrogens with two attached hydrogens (primary N) is 1. The van der Waals surface area contributed by atoms with Gasteiger partial charge < -0.3 is 5.73 Å². The number of nitrogens with zero attached hydrogens (tertiary/aromatic N) is 3. The third-order valence-corrected chi connectivity index (χ3v) is 5.27. The van der Waals surface area contributed by atoms with Gasteiger partial charge in [0.15, 0.2) is 5.16 Å². The van der Waals surface area contributed by atoms with Crippen molar-refractivity contribution in [1.82, 2.24) is 9.97 Å². The molecule has 1 saturated carbocycles. The van der Waals surface area contributed by atoms with Crippen molar-refractivity contribution in [1.29, 1.82) is 5.26 Å². The number of hydrogen-bond donors (Lipinski definition) is 1. The fourth-order valence-electron chi connectivity index (χ4n) is 2.75. The second-order valence-corrected chi connectivity index (χ2v) is 6.74. The maximum Gasteiger partial charge on any atom is 0.187 e. The van der Waals surface area contributed by atoms with Crippen LogP contribution in [0.3, 0.4) is 0 Å². The molecule has 0 radical (unpaired) electrons. The first-order valence-corrected chi connectivity index (χ1v) is 8.09. The topological polar surface area (TPSA) is 75.6 Å². The van der Waals surface area contributed by atoms with Crippen molar-refractivity contribution in [2.24, 2.45) is 11.7 Å². The van der Waals surface area contributed by atoms with Gasteiger partial charge in [-0.3, -0.25) is 0 Å². The molecule has 108 valence electrons. The van der Waals surface area contributed by atoms with E-state index in [2.05, 4.69) is 16.0 Å². The first-order chi connectivity index (χ1) is 9.46. The van der Waals surface area contributed by atoms with Crippen molar-refractivity contribution in [3.63, 3.8) is 0 Å². The van der Waals surface area contributed by atoms with Gasteiger partial charge in [-0.2, -0.15) is 5.26 Å². The van der Waals surface area contributed by atoms with Gasteiger partial charge in [0.2, 0.25) is 0 Å². The predicted molar refractivity (Wildman–Crippen MR) is 81.5 cm³/mol. The van der Waals surface area contributed by atoms with E-state index in [-0.39, 0.29) is 0 Å². The Morgan fingerprint density at radius 3 is 2.60 bits per heavy atom. The minimum Gasteiger partial charge on any atom is -0.313 e. The molecule has 20 heavy (non-hydrogen) atoms. The molecular formula is C15H22N4S. The van der Waals surface area contributed by atoms with E-state index in [1.807, 2.05) is 20.8 Å². The normalized spacial score (nSPS) is 25.6. The maximum absolute atomic E-state index is 9.21. The van der Waals surface area contributed by atoms with Gasteiger partial charge >= 0.3 is 0 Å². The van der Waals surface area contributed by atoms with Crippen LogP contribution in [-0.4, -0.2) is 21.3 Å². The summed E-state index contributed by atoms with van der Waals surface area (Å²) in [4.78, 5) is 9.02. The standard InChI is InChI=1S/C15H22N4S/c1-10-11(2)18-14(19-12(10)3)20-8-6-13-5-4-7-15(13,17)9-16/h13H,4-8,17H2,1-3H3. The Morgan fingerprint density at radius 2 is 2.00 bits per heavy atom. The van der Waals surface area contributed by atoms with E-state index in [4.69, 9.17) is 5.73 Å². The van der Waals surface area contributed by atoms with Gasteiger partial charge in [-0.05, 0) is 51.5 Å². The summed E-state index contributed by atoms with van der Waals surface area (Å²) in [6.07, 6.45) is 3.93. The fourth-order valence-corrected chi connectivity index (χ4v) is 3.74. The van der Waals surface area contributed by atoms with Gasteiger partial charge in [0.1, 0.15) is 5.54 Å². The smallest absolute Gasteiger partial charge is 0.187 e. The molecule has 4 nitrogen and oxygen atoms in total. The SMILES string of the molecule is Cc1nc(SCCC2CCCC2(N)C#N)nc(C)c1C. The molecule has 0 saturated heterocycles. The van der Waals surface area contributed by atoms with Gasteiger partial charge in [0, 0.05) is 17.1 Å². The van der Waals surface area contributed by atoms with Crippen LogP contribution < -0.4 is 5.73 Å². The lowest BCUT2D eigenvalue weighted by Gasteiger charge is -2.23. The van der Waals surface area contributed by atoms with Gasteiger partial charge in [0.25, 0.3) is 0 Å². The highest BCUT2D eigenvalue weighted by Gasteiger charge is 2.39. The van der Waals surface area contributed by atoms with Crippen LogP contribution in [0.5, 0.6) is 0 Å². The number of aromatic nitrogens is 2. The van der Waals surface area contributed by atoms with E-state index in [0.29, 0.717) is 5.92 Å². The van der Waals surface area contributed by atoms with Crippen molar-refractivity contribution >= 4 is 11.8 Å². The summed E-state index contributed by atoms with van der Waals surface area (Å²) in [5.41, 5.74) is 8.80. The van der Waals surface area contributed by atoms with E-state index in [9.17, 15) is 5.26 Å². The molecular weight excluding hydrogens is 268 g/mol. The van der Waals surface area contributed by atoms with E-state index in [1.54, 1.807) is 11.8 Å². The Labute approximate surface area is 125 Å². The largest absolute Gasteiger partial charge is 0.313 e. The minimum atomic E-state index is -0.611. The molecule has 1 fully saturated rings. The van der Waals surface area contributed by atoms with Crippen LogP contribution in [0.2, 0.25) is 0 Å². The zero-order chi connectivity index (χ0) is 14.8. The monoisotopic (exact) mass is 290 g/mol. The molecule has 0 aromatic carbocycles. The zero-order valence-corrected chi connectivity index (χ0v) is 13.3. The van der Waals surface area contributed by atoms with Crippen LogP contribution in [0, 0.1) is 38.0 Å². The third-order valence-electron chi connectivity index (χ3n) is 4.39. The molecule has 2 rings (SSSR count). The number of thioether (sulfide) groups is 1. The number of hydrogen-bond acceptors (Lipinski definition) is 5. The van der Waals surface area contributed by atoms with Crippen molar-refractivity contribution in [2.75, 3.05) is 5.75 Å². The minimum absolute atomic E-state index is 0.313. The number of aryl methyl sites for hydroxylation is 2. The van der Waals surface area contributed by atoms with Crippen molar-refractivity contribution in [2.45, 2.75) is 57.1 Å². The molecule has 1 aliphatic rings. The molecule has 0 amide bonds. The highest BCUT2D eigenvalue weighted by atomic mass is 32.2. The van der Waals surface area contributed by atoms with Crippen molar-refractivity contribution < 1.29 is 0 Å². The Bertz CT molecular complexity index is 514. The Hall–Kier alpha value is -1.12. The summed E-state index contributed by atoms with van der Waals surface area (Å²) in [6.45, 7) is 6.09. The Morgan fingerprint density at radius 1 is 1.35 bits per heavy atom. The van der Waals surface area contributed by atoms with Crippen molar-refractivity contribution in [3.8, 4) is 6.07 Å². The molecule has 1 aromatic rings. The average molecular weight is 290 g/mol. The third kappa shape index (κ3) is 3.13. The summed E-state index contributed by atoms with van der Waals surface area (Å²) >= 11 is 1.67. The van der Waals surface area contributed by atoms with Crippen LogP contribution in [0.25, 0.3) is 0 Å². The summed E-state index contributed by atoms with van der Waals surface area (Å²) in [5.74, 6) is 1.24. The highest BCUT2D eigenvalue weighted by Crippen LogP contribution is 2.36. The molecule has 1 aliphatic carbocycles. The second-order valence-electron chi connectivity index (χ2n) is 5.68. The molecule has 0 spiro atoms. The lowest BCUT2D eigenvalue weighted by Crippen LogP contribution is -2.41. The molecule has 2 unspecified atom stereocenters. The number of nitriles is 1. The highest BCUT2D eigenvalue weighted by molar-refractivity contribution is 7.99. The van der Waals surface area contributed by atoms with E-state index < -0.39 is 5.54 Å². The first kappa shape index (κ1) is 15.3. The van der Waals surface area contributed by atoms with Crippen molar-refractivity contribution in [3.05, 3.63) is 17.0 Å². The van der Waals surface area contributed by atoms with Crippen LogP contribution in [0.15, 0.2) is 5.16 Å². The van der Waals surface area contributed by atoms with E-state index in [1.165, 1.54) is 0 Å². The lowest BCUT2D eigenvalue weighted by atomic mass is 9.88. The predicted octanol–water partition coefficient (Wildman–Crippen LogP) is 2.91. The average Bonchev–Trinajstić information content (AvgIpc) is 2.78. The molecule has 1 aromatic heterocycles. The fraction of sp³-hybridized carbons (Fsp3) is 0.667. The van der Waals surface area contributed by atoms with Gasteiger partial charge in [-0.25, -0.2) is 9.97 Å². The molecule has 0 bridgehead atoms. The molecule has 2 N–H and O–H groups in total. The lowest BCUT2D eigenvalue weighted by molar-refractivity contribution is 0.389.